The molecule has 0 saturated carbocycles. The van der Waals surface area contributed by atoms with Crippen molar-refractivity contribution in [2.24, 2.45) is 12.8 Å². The van der Waals surface area contributed by atoms with Crippen LogP contribution in [0.2, 0.25) is 0 Å². The number of H-pyrrole nitrogens is 1. The Morgan fingerprint density at radius 1 is 1.28 bits per heavy atom. The molecule has 2 aromatic heterocycles. The molecule has 8 heteroatoms. The third-order valence-electron chi connectivity index (χ3n) is 3.76. The number of thioether (sulfide) groups is 1. The molecule has 0 radical (unpaired) electrons. The lowest BCUT2D eigenvalue weighted by molar-refractivity contribution is 0.616. The molecule has 3 rings (SSSR count). The van der Waals surface area contributed by atoms with Crippen molar-refractivity contribution >= 4 is 11.8 Å². The van der Waals surface area contributed by atoms with E-state index in [1.807, 2.05) is 41.9 Å². The van der Waals surface area contributed by atoms with E-state index in [-0.39, 0.29) is 11.6 Å². The fraction of sp³-hybridized carbons (Fsp3) is 0.294. The van der Waals surface area contributed by atoms with E-state index in [0.29, 0.717) is 23.7 Å². The highest BCUT2D eigenvalue weighted by atomic mass is 32.2. The number of nitrogens with two attached hydrogens (primary N) is 1. The number of aromatic nitrogens is 5. The minimum atomic E-state index is -0.228. The average molecular weight is 356 g/mol. The number of hydrogen-bond donors (Lipinski definition) is 2. The van der Waals surface area contributed by atoms with Gasteiger partial charge in [0.2, 0.25) is 0 Å². The van der Waals surface area contributed by atoms with Gasteiger partial charge in [0.25, 0.3) is 5.56 Å². The SMILES string of the molecule is Cc1nc(CSc2nnc([C@@H](N)Cc3ccccc3)n2C)cc(=O)[nH]1. The van der Waals surface area contributed by atoms with E-state index in [4.69, 9.17) is 5.73 Å². The Kier molecular flexibility index (Phi) is 5.30. The zero-order valence-electron chi connectivity index (χ0n) is 14.1. The Balaban J connectivity index is 1.69. The van der Waals surface area contributed by atoms with Crippen LogP contribution >= 0.6 is 11.8 Å². The summed E-state index contributed by atoms with van der Waals surface area (Å²) in [7, 11) is 1.90. The van der Waals surface area contributed by atoms with Crippen LogP contribution < -0.4 is 11.3 Å². The highest BCUT2D eigenvalue weighted by molar-refractivity contribution is 7.98. The van der Waals surface area contributed by atoms with Gasteiger partial charge in [0.15, 0.2) is 11.0 Å². The van der Waals surface area contributed by atoms with Crippen LogP contribution in [0.3, 0.4) is 0 Å². The number of aryl methyl sites for hydroxylation is 1. The van der Waals surface area contributed by atoms with E-state index in [2.05, 4.69) is 20.2 Å². The molecule has 0 bridgehead atoms. The monoisotopic (exact) mass is 356 g/mol. The first-order valence-corrected chi connectivity index (χ1v) is 8.90. The smallest absolute Gasteiger partial charge is 0.251 e. The summed E-state index contributed by atoms with van der Waals surface area (Å²) in [5, 5.41) is 9.21. The molecule has 1 aromatic carbocycles. The van der Waals surface area contributed by atoms with E-state index in [1.54, 1.807) is 6.92 Å². The van der Waals surface area contributed by atoms with Crippen molar-refractivity contribution in [3.63, 3.8) is 0 Å². The number of nitrogens with zero attached hydrogens (tertiary/aromatic N) is 4. The van der Waals surface area contributed by atoms with Gasteiger partial charge in [-0.15, -0.1) is 10.2 Å². The standard InChI is InChI=1S/C17H20N6OS/c1-11-19-13(9-15(24)20-11)10-25-17-22-21-16(23(17)2)14(18)8-12-6-4-3-5-7-12/h3-7,9,14H,8,10,18H2,1-2H3,(H,19,20,24)/t14-/m0/s1. The van der Waals surface area contributed by atoms with Crippen molar-refractivity contribution in [3.8, 4) is 0 Å². The lowest BCUT2D eigenvalue weighted by atomic mass is 10.1. The first kappa shape index (κ1) is 17.4. The zero-order valence-corrected chi connectivity index (χ0v) is 15.0. The first-order valence-electron chi connectivity index (χ1n) is 7.91. The normalized spacial score (nSPS) is 12.3. The fourth-order valence-corrected chi connectivity index (χ4v) is 3.40. The molecule has 130 valence electrons. The van der Waals surface area contributed by atoms with Gasteiger partial charge in [0.1, 0.15) is 5.82 Å². The van der Waals surface area contributed by atoms with Crippen molar-refractivity contribution in [1.82, 2.24) is 24.7 Å². The van der Waals surface area contributed by atoms with E-state index in [9.17, 15) is 4.79 Å². The molecule has 7 nitrogen and oxygen atoms in total. The molecule has 25 heavy (non-hydrogen) atoms. The summed E-state index contributed by atoms with van der Waals surface area (Å²) in [6.45, 7) is 1.76. The summed E-state index contributed by atoms with van der Waals surface area (Å²) in [6, 6.07) is 11.3. The average Bonchev–Trinajstić information content (AvgIpc) is 2.94. The molecule has 0 aliphatic heterocycles. The lowest BCUT2D eigenvalue weighted by Gasteiger charge is -2.11. The van der Waals surface area contributed by atoms with Gasteiger partial charge >= 0.3 is 0 Å². The topological polar surface area (TPSA) is 102 Å². The second-order valence-electron chi connectivity index (χ2n) is 5.81. The van der Waals surface area contributed by atoms with E-state index in [1.165, 1.54) is 17.8 Å². The highest BCUT2D eigenvalue weighted by Gasteiger charge is 2.17. The van der Waals surface area contributed by atoms with Crippen molar-refractivity contribution in [1.29, 1.82) is 0 Å². The summed E-state index contributed by atoms with van der Waals surface area (Å²) in [5.41, 5.74) is 8.03. The highest BCUT2D eigenvalue weighted by Crippen LogP contribution is 2.22. The maximum Gasteiger partial charge on any atom is 0.251 e. The quantitative estimate of drug-likeness (QED) is 0.652. The van der Waals surface area contributed by atoms with Crippen LogP contribution in [-0.2, 0) is 19.2 Å². The molecule has 0 fully saturated rings. The molecule has 0 unspecified atom stereocenters. The lowest BCUT2D eigenvalue weighted by Crippen LogP contribution is -2.18. The third-order valence-corrected chi connectivity index (χ3v) is 4.81. The maximum atomic E-state index is 11.5. The van der Waals surface area contributed by atoms with Crippen molar-refractivity contribution < 1.29 is 0 Å². The second-order valence-corrected chi connectivity index (χ2v) is 6.75. The second kappa shape index (κ2) is 7.62. The molecular formula is C17H20N6OS. The summed E-state index contributed by atoms with van der Waals surface area (Å²) in [6.07, 6.45) is 0.701. The molecule has 0 spiro atoms. The predicted octanol–water partition coefficient (Wildman–Crippen LogP) is 1.74. The van der Waals surface area contributed by atoms with Crippen LogP contribution in [0, 0.1) is 6.92 Å². The third kappa shape index (κ3) is 4.34. The number of hydrogen-bond acceptors (Lipinski definition) is 6. The largest absolute Gasteiger partial charge is 0.321 e. The van der Waals surface area contributed by atoms with Gasteiger partial charge in [-0.3, -0.25) is 4.79 Å². The Hall–Kier alpha value is -2.45. The molecule has 0 aliphatic rings. The van der Waals surface area contributed by atoms with Crippen LogP contribution in [0.1, 0.15) is 28.9 Å². The fourth-order valence-electron chi connectivity index (χ4n) is 2.59. The van der Waals surface area contributed by atoms with Crippen molar-refractivity contribution in [3.05, 3.63) is 69.7 Å². The van der Waals surface area contributed by atoms with Crippen molar-refractivity contribution in [2.75, 3.05) is 0 Å². The Morgan fingerprint density at radius 3 is 2.76 bits per heavy atom. The van der Waals surface area contributed by atoms with E-state index < -0.39 is 0 Å². The van der Waals surface area contributed by atoms with Gasteiger partial charge < -0.3 is 15.3 Å². The summed E-state index contributed by atoms with van der Waals surface area (Å²) in [4.78, 5) is 18.5. The van der Waals surface area contributed by atoms with Crippen LogP contribution in [0.15, 0.2) is 46.3 Å². The van der Waals surface area contributed by atoms with Gasteiger partial charge in [-0.1, -0.05) is 42.1 Å². The summed E-state index contributed by atoms with van der Waals surface area (Å²) >= 11 is 1.48. The molecule has 0 aliphatic carbocycles. The van der Waals surface area contributed by atoms with Crippen LogP contribution in [0.4, 0.5) is 0 Å². The number of aromatic amines is 1. The molecule has 2 heterocycles. The molecule has 0 saturated heterocycles. The predicted molar refractivity (Wildman–Crippen MR) is 97.2 cm³/mol. The molecular weight excluding hydrogens is 336 g/mol. The number of benzene rings is 1. The first-order chi connectivity index (χ1) is 12.0. The Bertz CT molecular complexity index is 905. The number of nitrogens with one attached hydrogen (secondary N) is 1. The minimum absolute atomic E-state index is 0.147. The van der Waals surface area contributed by atoms with Crippen LogP contribution in [0.5, 0.6) is 0 Å². The van der Waals surface area contributed by atoms with Gasteiger partial charge in [-0.05, 0) is 18.9 Å². The minimum Gasteiger partial charge on any atom is -0.321 e. The molecule has 3 N–H and O–H groups in total. The van der Waals surface area contributed by atoms with E-state index >= 15 is 0 Å². The molecule has 3 aromatic rings. The van der Waals surface area contributed by atoms with Crippen LogP contribution in [-0.4, -0.2) is 24.7 Å². The van der Waals surface area contributed by atoms with Gasteiger partial charge in [0.05, 0.1) is 11.7 Å². The van der Waals surface area contributed by atoms with Crippen LogP contribution in [0.25, 0.3) is 0 Å². The summed E-state index contributed by atoms with van der Waals surface area (Å²) < 4.78 is 1.90. The maximum absolute atomic E-state index is 11.5. The van der Waals surface area contributed by atoms with Gasteiger partial charge in [-0.25, -0.2) is 4.98 Å². The Labute approximate surface area is 149 Å². The van der Waals surface area contributed by atoms with Gasteiger partial charge in [-0.2, -0.15) is 0 Å². The number of rotatable bonds is 6. The van der Waals surface area contributed by atoms with Crippen molar-refractivity contribution in [2.45, 2.75) is 30.3 Å². The van der Waals surface area contributed by atoms with E-state index in [0.717, 1.165) is 16.5 Å². The Morgan fingerprint density at radius 2 is 2.04 bits per heavy atom. The van der Waals surface area contributed by atoms with Gasteiger partial charge in [0, 0.05) is 18.9 Å². The molecule has 0 amide bonds. The molecule has 1 atom stereocenters. The summed E-state index contributed by atoms with van der Waals surface area (Å²) in [5.74, 6) is 1.89. The zero-order chi connectivity index (χ0) is 17.8.